The van der Waals surface area contributed by atoms with Crippen molar-refractivity contribution >= 4 is 40.4 Å². The lowest BCUT2D eigenvalue weighted by molar-refractivity contribution is -0.883. The Morgan fingerprint density at radius 1 is 1.18 bits per heavy atom. The van der Waals surface area contributed by atoms with E-state index in [4.69, 9.17) is 39.8 Å². The number of benzene rings is 1. The van der Waals surface area contributed by atoms with E-state index in [0.717, 1.165) is 36.7 Å². The SMILES string of the molecule is C[NH+]1CCN(C(=S)c2ccc(-c3cccc(Cl)c3Cl)o2)CC1. The van der Waals surface area contributed by atoms with Gasteiger partial charge in [0.1, 0.15) is 10.7 Å². The van der Waals surface area contributed by atoms with Crippen LogP contribution in [0.1, 0.15) is 5.76 Å². The first-order valence-electron chi connectivity index (χ1n) is 7.21. The number of rotatable bonds is 2. The van der Waals surface area contributed by atoms with Crippen molar-refractivity contribution in [2.24, 2.45) is 0 Å². The number of piperazine rings is 1. The molecule has 1 saturated heterocycles. The van der Waals surface area contributed by atoms with Gasteiger partial charge in [-0.3, -0.25) is 0 Å². The average Bonchev–Trinajstić information content (AvgIpc) is 3.00. The fourth-order valence-corrected chi connectivity index (χ4v) is 3.22. The minimum Gasteiger partial charge on any atom is -0.454 e. The number of likely N-dealkylation sites (N-methyl/N-ethyl adjacent to an activating group) is 1. The highest BCUT2D eigenvalue weighted by atomic mass is 35.5. The Morgan fingerprint density at radius 2 is 1.91 bits per heavy atom. The molecule has 0 spiro atoms. The van der Waals surface area contributed by atoms with Crippen molar-refractivity contribution in [3.8, 4) is 11.3 Å². The van der Waals surface area contributed by atoms with E-state index >= 15 is 0 Å². The van der Waals surface area contributed by atoms with E-state index in [1.807, 2.05) is 24.3 Å². The molecule has 2 heterocycles. The van der Waals surface area contributed by atoms with Crippen LogP contribution in [0.3, 0.4) is 0 Å². The highest BCUT2D eigenvalue weighted by Gasteiger charge is 2.22. The number of furan rings is 1. The van der Waals surface area contributed by atoms with E-state index in [2.05, 4.69) is 11.9 Å². The van der Waals surface area contributed by atoms with Crippen molar-refractivity contribution in [2.75, 3.05) is 33.2 Å². The Bertz CT molecular complexity index is 693. The fourth-order valence-electron chi connectivity index (χ4n) is 2.54. The number of quaternary nitrogens is 1. The predicted octanol–water partition coefficient (Wildman–Crippen LogP) is 2.76. The summed E-state index contributed by atoms with van der Waals surface area (Å²) in [6.07, 6.45) is 0. The summed E-state index contributed by atoms with van der Waals surface area (Å²) >= 11 is 17.9. The Balaban J connectivity index is 1.82. The Hall–Kier alpha value is -1.07. The van der Waals surface area contributed by atoms with Crippen molar-refractivity contribution < 1.29 is 9.32 Å². The first-order valence-corrected chi connectivity index (χ1v) is 8.37. The van der Waals surface area contributed by atoms with Crippen LogP contribution in [0.2, 0.25) is 10.0 Å². The summed E-state index contributed by atoms with van der Waals surface area (Å²) in [6, 6.07) is 9.29. The van der Waals surface area contributed by atoms with E-state index in [0.29, 0.717) is 21.6 Å². The molecule has 0 amide bonds. The average molecular weight is 356 g/mol. The van der Waals surface area contributed by atoms with Crippen LogP contribution in [0.15, 0.2) is 34.7 Å². The highest BCUT2D eigenvalue weighted by Crippen LogP contribution is 2.34. The summed E-state index contributed by atoms with van der Waals surface area (Å²) in [5.41, 5.74) is 0.783. The van der Waals surface area contributed by atoms with Gasteiger partial charge in [-0.1, -0.05) is 41.5 Å². The van der Waals surface area contributed by atoms with Gasteiger partial charge in [0, 0.05) is 5.56 Å². The van der Waals surface area contributed by atoms with Gasteiger partial charge in [-0.25, -0.2) is 0 Å². The van der Waals surface area contributed by atoms with Crippen molar-refractivity contribution in [1.29, 1.82) is 0 Å². The minimum atomic E-state index is 0.499. The zero-order chi connectivity index (χ0) is 15.7. The number of nitrogens with zero attached hydrogens (tertiary/aromatic N) is 1. The summed E-state index contributed by atoms with van der Waals surface area (Å²) in [4.78, 5) is 4.49. The normalized spacial score (nSPS) is 16.0. The molecular formula is C16H17Cl2N2OS+. The van der Waals surface area contributed by atoms with Crippen molar-refractivity contribution in [3.63, 3.8) is 0 Å². The lowest BCUT2D eigenvalue weighted by atomic mass is 10.2. The van der Waals surface area contributed by atoms with Crippen molar-refractivity contribution in [1.82, 2.24) is 4.90 Å². The third-order valence-corrected chi connectivity index (χ3v) is 5.22. The van der Waals surface area contributed by atoms with Crippen LogP contribution in [-0.4, -0.2) is 43.1 Å². The third kappa shape index (κ3) is 3.15. The van der Waals surface area contributed by atoms with Crippen molar-refractivity contribution in [2.45, 2.75) is 0 Å². The Morgan fingerprint density at radius 3 is 2.64 bits per heavy atom. The van der Waals surface area contributed by atoms with Crippen LogP contribution in [0.25, 0.3) is 11.3 Å². The number of thiocarbonyl (C=S) groups is 1. The number of nitrogens with one attached hydrogen (secondary N) is 1. The zero-order valence-electron chi connectivity index (χ0n) is 12.2. The molecule has 1 aliphatic rings. The molecule has 3 rings (SSSR count). The molecule has 1 aromatic heterocycles. The predicted molar refractivity (Wildman–Crippen MR) is 94.1 cm³/mol. The van der Waals surface area contributed by atoms with Gasteiger partial charge in [-0.05, 0) is 24.3 Å². The molecule has 22 heavy (non-hydrogen) atoms. The first-order chi connectivity index (χ1) is 10.6. The van der Waals surface area contributed by atoms with Gasteiger partial charge in [0.05, 0.1) is 43.3 Å². The maximum Gasteiger partial charge on any atom is 0.162 e. The van der Waals surface area contributed by atoms with Crippen LogP contribution >= 0.6 is 35.4 Å². The summed E-state index contributed by atoms with van der Waals surface area (Å²) < 4.78 is 5.91. The molecule has 0 atom stereocenters. The molecule has 2 aromatic rings. The van der Waals surface area contributed by atoms with Crippen LogP contribution in [0, 0.1) is 0 Å². The monoisotopic (exact) mass is 355 g/mol. The number of hydrogen-bond acceptors (Lipinski definition) is 2. The molecule has 0 saturated carbocycles. The molecular weight excluding hydrogens is 339 g/mol. The standard InChI is InChI=1S/C16H16Cl2N2OS/c1-19-7-9-20(10-8-19)16(22)14-6-5-13(21-14)11-3-2-4-12(17)15(11)18/h2-6H,7-10H2,1H3/p+1. The molecule has 3 nitrogen and oxygen atoms in total. The van der Waals surface area contributed by atoms with Gasteiger partial charge in [0.15, 0.2) is 5.76 Å². The lowest BCUT2D eigenvalue weighted by Gasteiger charge is -2.31. The molecule has 1 aliphatic heterocycles. The molecule has 1 N–H and O–H groups in total. The molecule has 0 unspecified atom stereocenters. The van der Waals surface area contributed by atoms with E-state index in [9.17, 15) is 0 Å². The quantitative estimate of drug-likeness (QED) is 0.836. The van der Waals surface area contributed by atoms with Crippen molar-refractivity contribution in [3.05, 3.63) is 46.1 Å². The first kappa shape index (κ1) is 15.8. The largest absolute Gasteiger partial charge is 0.454 e. The number of halogens is 2. The van der Waals surface area contributed by atoms with Crippen LogP contribution in [0.5, 0.6) is 0 Å². The minimum absolute atomic E-state index is 0.499. The van der Waals surface area contributed by atoms with E-state index in [-0.39, 0.29) is 0 Å². The summed E-state index contributed by atoms with van der Waals surface area (Å²) in [7, 11) is 2.20. The number of hydrogen-bond donors (Lipinski definition) is 1. The maximum absolute atomic E-state index is 6.24. The maximum atomic E-state index is 6.24. The topological polar surface area (TPSA) is 20.8 Å². The molecule has 1 fully saturated rings. The zero-order valence-corrected chi connectivity index (χ0v) is 14.6. The van der Waals surface area contributed by atoms with Gasteiger partial charge in [-0.2, -0.15) is 0 Å². The molecule has 116 valence electrons. The van der Waals surface area contributed by atoms with E-state index in [1.54, 1.807) is 6.07 Å². The summed E-state index contributed by atoms with van der Waals surface area (Å²) in [5.74, 6) is 1.39. The van der Waals surface area contributed by atoms with Gasteiger partial charge in [0.25, 0.3) is 0 Å². The van der Waals surface area contributed by atoms with Crippen LogP contribution < -0.4 is 4.90 Å². The Kier molecular flexibility index (Phi) is 4.73. The molecule has 0 aliphatic carbocycles. The second-order valence-electron chi connectivity index (χ2n) is 5.51. The molecule has 0 bridgehead atoms. The summed E-state index contributed by atoms with van der Waals surface area (Å²) in [6.45, 7) is 4.10. The Labute approximate surface area is 145 Å². The van der Waals surface area contributed by atoms with E-state index in [1.165, 1.54) is 4.90 Å². The van der Waals surface area contributed by atoms with Gasteiger partial charge < -0.3 is 14.2 Å². The molecule has 0 radical (unpaired) electrons. The third-order valence-electron chi connectivity index (χ3n) is 3.94. The van der Waals surface area contributed by atoms with E-state index < -0.39 is 0 Å². The molecule has 6 heteroatoms. The smallest absolute Gasteiger partial charge is 0.162 e. The molecule has 1 aromatic carbocycles. The summed E-state index contributed by atoms with van der Waals surface area (Å²) in [5, 5.41) is 1.01. The van der Waals surface area contributed by atoms with Gasteiger partial charge >= 0.3 is 0 Å². The van der Waals surface area contributed by atoms with Gasteiger partial charge in [0.2, 0.25) is 0 Å². The highest BCUT2D eigenvalue weighted by molar-refractivity contribution is 7.80. The second-order valence-corrected chi connectivity index (χ2v) is 6.69. The van der Waals surface area contributed by atoms with Crippen LogP contribution in [-0.2, 0) is 0 Å². The van der Waals surface area contributed by atoms with Gasteiger partial charge in [-0.15, -0.1) is 0 Å². The van der Waals surface area contributed by atoms with Crippen LogP contribution in [0.4, 0.5) is 0 Å². The second kappa shape index (κ2) is 6.59. The fraction of sp³-hybridized carbons (Fsp3) is 0.312. The lowest BCUT2D eigenvalue weighted by Crippen LogP contribution is -3.12.